The summed E-state index contributed by atoms with van der Waals surface area (Å²) in [6, 6.07) is 6.49. The molecule has 2 N–H and O–H groups in total. The number of carboxylic acids is 1. The fourth-order valence-electron chi connectivity index (χ4n) is 5.26. The van der Waals surface area contributed by atoms with E-state index in [1.807, 2.05) is 6.07 Å². The maximum Gasteiger partial charge on any atom is 0.303 e. The van der Waals surface area contributed by atoms with Crippen LogP contribution in [-0.2, 0) is 20.8 Å². The van der Waals surface area contributed by atoms with Crippen molar-refractivity contribution in [2.75, 3.05) is 37.7 Å². The van der Waals surface area contributed by atoms with Gasteiger partial charge in [-0.2, -0.15) is 0 Å². The second-order valence-electron chi connectivity index (χ2n) is 10.5. The molecule has 2 aromatic rings. The molecular formula is C27H32F2N2O5S. The van der Waals surface area contributed by atoms with E-state index in [0.29, 0.717) is 30.6 Å². The molecule has 2 aliphatic rings. The molecule has 0 bridgehead atoms. The van der Waals surface area contributed by atoms with Gasteiger partial charge in [-0.3, -0.25) is 14.4 Å². The fraction of sp³-hybridized carbons (Fsp3) is 0.444. The highest BCUT2D eigenvalue weighted by molar-refractivity contribution is 8.32. The maximum atomic E-state index is 14.8. The van der Waals surface area contributed by atoms with Crippen molar-refractivity contribution < 1.29 is 33.0 Å². The van der Waals surface area contributed by atoms with Gasteiger partial charge in [0.2, 0.25) is 5.91 Å². The largest absolute Gasteiger partial charge is 0.497 e. The second kappa shape index (κ2) is 10.3. The van der Waals surface area contributed by atoms with Crippen LogP contribution in [0.15, 0.2) is 35.2 Å². The van der Waals surface area contributed by atoms with E-state index < -0.39 is 39.6 Å². The van der Waals surface area contributed by atoms with Crippen LogP contribution < -0.4 is 10.1 Å². The van der Waals surface area contributed by atoms with E-state index >= 15 is 0 Å². The quantitative estimate of drug-likeness (QED) is 0.542. The van der Waals surface area contributed by atoms with Crippen LogP contribution in [0, 0.1) is 23.5 Å². The molecule has 0 unspecified atom stereocenters. The van der Waals surface area contributed by atoms with Crippen LogP contribution in [0.2, 0.25) is 0 Å². The summed E-state index contributed by atoms with van der Waals surface area (Å²) >= 11 is 0. The molecular weight excluding hydrogens is 502 g/mol. The summed E-state index contributed by atoms with van der Waals surface area (Å²) in [4.78, 5) is 39.5. The lowest BCUT2D eigenvalue weighted by atomic mass is 9.72. The Morgan fingerprint density at radius 2 is 1.76 bits per heavy atom. The second-order valence-corrected chi connectivity index (χ2v) is 14.6. The van der Waals surface area contributed by atoms with E-state index in [4.69, 9.17) is 9.84 Å². The average molecular weight is 535 g/mol. The number of benzene rings is 2. The van der Waals surface area contributed by atoms with Gasteiger partial charge in [0, 0.05) is 24.6 Å². The first-order valence-electron chi connectivity index (χ1n) is 12.1. The summed E-state index contributed by atoms with van der Waals surface area (Å²) in [6.07, 6.45) is 6.79. The first kappa shape index (κ1) is 26.9. The molecule has 1 atom stereocenters. The number of carboxylic acid groups (broad SMARTS) is 1. The van der Waals surface area contributed by atoms with Gasteiger partial charge in [0.05, 0.1) is 12.0 Å². The number of methoxy groups -OCH3 is 1. The Bertz CT molecular complexity index is 1220. The molecule has 200 valence electrons. The van der Waals surface area contributed by atoms with Crippen molar-refractivity contribution in [2.24, 2.45) is 11.8 Å². The lowest BCUT2D eigenvalue weighted by molar-refractivity contribution is -0.149. The number of anilines is 1. The van der Waals surface area contributed by atoms with Gasteiger partial charge in [0.15, 0.2) is 0 Å². The molecule has 1 aliphatic heterocycles. The van der Waals surface area contributed by atoms with E-state index in [0.717, 1.165) is 17.7 Å². The number of amides is 2. The molecule has 7 nitrogen and oxygen atoms in total. The molecule has 0 aromatic heterocycles. The number of nitrogens with one attached hydrogen (secondary N) is 1. The lowest BCUT2D eigenvalue weighted by Crippen LogP contribution is -2.50. The van der Waals surface area contributed by atoms with Gasteiger partial charge in [-0.25, -0.2) is 18.8 Å². The number of halogens is 2. The third kappa shape index (κ3) is 5.58. The summed E-state index contributed by atoms with van der Waals surface area (Å²) in [7, 11) is -0.137. The molecule has 10 heteroatoms. The van der Waals surface area contributed by atoms with Crippen LogP contribution in [0.25, 0.3) is 0 Å². The van der Waals surface area contributed by atoms with Crippen LogP contribution in [-0.4, -0.2) is 60.2 Å². The number of hydrogen-bond donors (Lipinski definition) is 2. The predicted molar refractivity (Wildman–Crippen MR) is 138 cm³/mol. The number of fused-ring (bicyclic) bond motifs is 1. The molecule has 0 radical (unpaired) electrons. The highest BCUT2D eigenvalue weighted by Gasteiger charge is 2.43. The molecule has 1 aliphatic carbocycles. The van der Waals surface area contributed by atoms with Crippen LogP contribution in [0.4, 0.5) is 14.5 Å². The molecule has 0 spiro atoms. The summed E-state index contributed by atoms with van der Waals surface area (Å²) < 4.78 is 35.0. The summed E-state index contributed by atoms with van der Waals surface area (Å²) in [6.45, 7) is 0.284. The lowest BCUT2D eigenvalue weighted by Gasteiger charge is -2.42. The minimum Gasteiger partial charge on any atom is -0.497 e. The highest BCUT2D eigenvalue weighted by Crippen LogP contribution is 2.48. The van der Waals surface area contributed by atoms with Crippen molar-refractivity contribution >= 4 is 33.5 Å². The SMILES string of the molecule is COc1ccc2c(c1)CCN(C(=O)C1CC(CC(=O)O)C1)[C@H]2C(=O)Nc1cc(F)c(S(C)(C)C)c(F)c1. The van der Waals surface area contributed by atoms with Crippen molar-refractivity contribution in [3.63, 3.8) is 0 Å². The normalized spacial score (nSPS) is 21.5. The molecule has 1 fully saturated rings. The zero-order valence-electron chi connectivity index (χ0n) is 21.3. The molecule has 0 saturated heterocycles. The molecule has 1 heterocycles. The zero-order chi connectivity index (χ0) is 27.1. The van der Waals surface area contributed by atoms with Crippen molar-refractivity contribution in [3.05, 3.63) is 53.1 Å². The first-order valence-corrected chi connectivity index (χ1v) is 14.9. The smallest absolute Gasteiger partial charge is 0.303 e. The van der Waals surface area contributed by atoms with Crippen molar-refractivity contribution in [1.29, 1.82) is 0 Å². The Hall–Kier alpha value is -3.14. The van der Waals surface area contributed by atoms with Crippen molar-refractivity contribution in [2.45, 2.75) is 36.6 Å². The van der Waals surface area contributed by atoms with E-state index in [1.165, 1.54) is 4.90 Å². The minimum absolute atomic E-state index is 0.0123. The molecule has 2 aromatic carbocycles. The van der Waals surface area contributed by atoms with E-state index in [-0.39, 0.29) is 41.3 Å². The van der Waals surface area contributed by atoms with Crippen LogP contribution >= 0.6 is 10.0 Å². The van der Waals surface area contributed by atoms with Gasteiger partial charge < -0.3 is 20.1 Å². The highest BCUT2D eigenvalue weighted by atomic mass is 32.3. The van der Waals surface area contributed by atoms with E-state index in [9.17, 15) is 23.2 Å². The van der Waals surface area contributed by atoms with Gasteiger partial charge in [-0.1, -0.05) is 6.07 Å². The van der Waals surface area contributed by atoms with Gasteiger partial charge in [0.1, 0.15) is 23.4 Å². The Kier molecular flexibility index (Phi) is 7.50. The number of carbonyl (C=O) groups excluding carboxylic acids is 2. The van der Waals surface area contributed by atoms with Crippen LogP contribution in [0.1, 0.15) is 36.4 Å². The standard InChI is InChI=1S/C27H32F2N2O5S/c1-36-19-5-6-20-16(12-19)7-8-31(27(35)17-9-15(10-17)11-23(32)33)24(20)26(34)30-18-13-21(28)25(22(29)14-18)37(2,3)4/h5-6,12-15,17,24H,7-11H2,1-4H3,(H,30,34)(H,32,33)/t15?,17?,24-/m1/s1. The van der Waals surface area contributed by atoms with E-state index in [2.05, 4.69) is 5.32 Å². The fourth-order valence-corrected chi connectivity index (χ4v) is 6.55. The average Bonchev–Trinajstić information content (AvgIpc) is 2.77. The molecule has 2 amide bonds. The van der Waals surface area contributed by atoms with Crippen LogP contribution in [0.3, 0.4) is 0 Å². The number of nitrogens with zero attached hydrogens (tertiary/aromatic N) is 1. The Morgan fingerprint density at radius 3 is 2.32 bits per heavy atom. The predicted octanol–water partition coefficient (Wildman–Crippen LogP) is 4.59. The number of rotatable bonds is 7. The summed E-state index contributed by atoms with van der Waals surface area (Å²) in [5.74, 6) is -2.93. The Balaban J connectivity index is 1.62. The Morgan fingerprint density at radius 1 is 1.11 bits per heavy atom. The van der Waals surface area contributed by atoms with Crippen molar-refractivity contribution in [1.82, 2.24) is 4.90 Å². The molecule has 37 heavy (non-hydrogen) atoms. The third-order valence-electron chi connectivity index (χ3n) is 7.04. The zero-order valence-corrected chi connectivity index (χ0v) is 22.2. The maximum absolute atomic E-state index is 14.8. The molecule has 4 rings (SSSR count). The van der Waals surface area contributed by atoms with Gasteiger partial charge in [-0.15, -0.1) is 0 Å². The summed E-state index contributed by atoms with van der Waals surface area (Å²) in [5.41, 5.74) is 1.45. The van der Waals surface area contributed by atoms with Gasteiger partial charge >= 0.3 is 5.97 Å². The Labute approximate surface area is 216 Å². The summed E-state index contributed by atoms with van der Waals surface area (Å²) in [5, 5.41) is 11.6. The van der Waals surface area contributed by atoms with Gasteiger partial charge in [-0.05, 0) is 79.3 Å². The number of aliphatic carboxylic acids is 1. The number of ether oxygens (including phenoxy) is 1. The monoisotopic (exact) mass is 534 g/mol. The number of hydrogen-bond acceptors (Lipinski definition) is 4. The molecule has 1 saturated carbocycles. The van der Waals surface area contributed by atoms with Crippen molar-refractivity contribution in [3.8, 4) is 5.75 Å². The first-order chi connectivity index (χ1) is 17.4. The number of carbonyl (C=O) groups is 3. The minimum atomic E-state index is -1.68. The third-order valence-corrected chi connectivity index (χ3v) is 8.65. The van der Waals surface area contributed by atoms with Crippen LogP contribution in [0.5, 0.6) is 5.75 Å². The topological polar surface area (TPSA) is 95.9 Å². The van der Waals surface area contributed by atoms with E-state index in [1.54, 1.807) is 38.0 Å². The van der Waals surface area contributed by atoms with Gasteiger partial charge in [0.25, 0.3) is 5.91 Å².